The molecule has 0 spiro atoms. The van der Waals surface area contributed by atoms with Gasteiger partial charge in [0.25, 0.3) is 10.1 Å². The molecule has 0 fully saturated rings. The van der Waals surface area contributed by atoms with Crippen LogP contribution in [0.3, 0.4) is 0 Å². The number of aliphatic hydroxyl groups excluding tert-OH is 2. The van der Waals surface area contributed by atoms with E-state index in [9.17, 15) is 8.42 Å². The summed E-state index contributed by atoms with van der Waals surface area (Å²) in [6, 6.07) is 18.3. The minimum atomic E-state index is -3.69. The average Bonchev–Trinajstić information content (AvgIpc) is 3.23. The van der Waals surface area contributed by atoms with Crippen molar-refractivity contribution in [3.05, 3.63) is 88.5 Å². The summed E-state index contributed by atoms with van der Waals surface area (Å²) >= 11 is 0. The van der Waals surface area contributed by atoms with E-state index in [2.05, 4.69) is 98.2 Å². The molecule has 65 heavy (non-hydrogen) atoms. The Balaban J connectivity index is 0.000000567. The van der Waals surface area contributed by atoms with Gasteiger partial charge >= 0.3 is 0 Å². The number of hydrogen-bond donors (Lipinski definition) is 4. The molecule has 0 amide bonds. The van der Waals surface area contributed by atoms with Gasteiger partial charge in [-0.25, -0.2) is 0 Å². The number of benzene rings is 3. The first kappa shape index (κ1) is 60.3. The van der Waals surface area contributed by atoms with Crippen molar-refractivity contribution in [2.45, 2.75) is 143 Å². The van der Waals surface area contributed by atoms with Crippen molar-refractivity contribution in [3.63, 3.8) is 0 Å². The molecule has 3 rings (SSSR count). The Hall–Kier alpha value is -2.72. The topological polar surface area (TPSA) is 177 Å². The highest BCUT2D eigenvalue weighted by atomic mass is 32.2. The summed E-state index contributed by atoms with van der Waals surface area (Å²) in [5, 5.41) is 21.4. The van der Waals surface area contributed by atoms with Crippen LogP contribution < -0.4 is 11.1 Å². The van der Waals surface area contributed by atoms with Crippen LogP contribution in [-0.4, -0.2) is 101 Å². The molecule has 0 aliphatic rings. The van der Waals surface area contributed by atoms with Gasteiger partial charge in [0, 0.05) is 31.1 Å². The van der Waals surface area contributed by atoms with Crippen LogP contribution in [0.25, 0.3) is 0 Å². The Bertz CT molecular complexity index is 1780. The fourth-order valence-electron chi connectivity index (χ4n) is 5.14. The predicted octanol–water partition coefficient (Wildman–Crippen LogP) is 9.98. The molecule has 16 heteroatoms. The molecule has 0 atom stereocenters. The van der Waals surface area contributed by atoms with Gasteiger partial charge in [0.1, 0.15) is 0 Å². The molecule has 0 aliphatic heterocycles. The smallest absolute Gasteiger partial charge is 0.297 e. The van der Waals surface area contributed by atoms with E-state index in [1.165, 1.54) is 23.3 Å². The van der Waals surface area contributed by atoms with Crippen LogP contribution in [-0.2, 0) is 68.5 Å². The molecule has 0 saturated carbocycles. The number of nitrogens with two attached hydrogens (primary N) is 1. The molecular formula is C49H86N2O11SSi2. The van der Waals surface area contributed by atoms with Gasteiger partial charge in [-0.3, -0.25) is 4.18 Å². The minimum Gasteiger partial charge on any atom is -0.413 e. The van der Waals surface area contributed by atoms with Crippen molar-refractivity contribution < 1.29 is 50.6 Å². The molecule has 372 valence electrons. The zero-order chi connectivity index (χ0) is 49.2. The number of nitrogens with one attached hydrogen (secondary N) is 1. The van der Waals surface area contributed by atoms with E-state index in [1.54, 1.807) is 30.3 Å². The molecule has 13 nitrogen and oxygen atoms in total. The fourth-order valence-corrected chi connectivity index (χ4v) is 7.96. The van der Waals surface area contributed by atoms with Crippen molar-refractivity contribution in [2.75, 3.05) is 77.1 Å². The highest BCUT2D eigenvalue weighted by Gasteiger charge is 2.38. The van der Waals surface area contributed by atoms with Gasteiger partial charge in [0.2, 0.25) is 0 Å². The number of nitrogen functional groups attached to an aromatic ring is 1. The molecule has 0 bridgehead atoms. The van der Waals surface area contributed by atoms with Gasteiger partial charge in [-0.15, -0.1) is 0 Å². The number of ether oxygens (including phenoxy) is 4. The van der Waals surface area contributed by atoms with Gasteiger partial charge in [-0.2, -0.15) is 8.42 Å². The third kappa shape index (κ3) is 25.3. The van der Waals surface area contributed by atoms with Crippen LogP contribution >= 0.6 is 0 Å². The second-order valence-electron chi connectivity index (χ2n) is 19.0. The van der Waals surface area contributed by atoms with Crippen molar-refractivity contribution in [3.8, 4) is 0 Å². The van der Waals surface area contributed by atoms with Gasteiger partial charge in [0.05, 0.1) is 77.6 Å². The lowest BCUT2D eigenvalue weighted by molar-refractivity contribution is 0.0373. The van der Waals surface area contributed by atoms with Crippen LogP contribution in [0.15, 0.2) is 65.6 Å². The lowest BCUT2D eigenvalue weighted by atomic mass is 10.1. The summed E-state index contributed by atoms with van der Waals surface area (Å²) in [5.41, 5.74) is 12.0. The van der Waals surface area contributed by atoms with Crippen molar-refractivity contribution in [1.82, 2.24) is 0 Å². The van der Waals surface area contributed by atoms with E-state index in [1.807, 2.05) is 13.8 Å². The largest absolute Gasteiger partial charge is 0.413 e. The lowest BCUT2D eigenvalue weighted by Crippen LogP contribution is -2.40. The summed E-state index contributed by atoms with van der Waals surface area (Å²) in [7, 11) is -7.33. The SMILES string of the molecule is CCCOCCOCCNc1cc(CO[Si](C)(C)C(C)(C)C)cc(CO[Si](C)(C)C(C)(C)C)c1.CCCOCCOCCOS(=O)(=O)c1ccc(C)cc1.Nc1cc(CO)cc(CO)c1. The molecule has 0 aromatic heterocycles. The average molecular weight is 967 g/mol. The quantitative estimate of drug-likeness (QED) is 0.0246. The maximum absolute atomic E-state index is 11.8. The summed E-state index contributed by atoms with van der Waals surface area (Å²) in [4.78, 5) is 0.161. The van der Waals surface area contributed by atoms with Crippen LogP contribution in [0.1, 0.15) is 96.0 Å². The van der Waals surface area contributed by atoms with E-state index in [0.717, 1.165) is 48.4 Å². The van der Waals surface area contributed by atoms with Gasteiger partial charge < -0.3 is 49.1 Å². The highest BCUT2D eigenvalue weighted by Crippen LogP contribution is 2.38. The van der Waals surface area contributed by atoms with Crippen LogP contribution in [0.4, 0.5) is 11.4 Å². The van der Waals surface area contributed by atoms with E-state index >= 15 is 0 Å². The Labute approximate surface area is 395 Å². The van der Waals surface area contributed by atoms with E-state index < -0.39 is 26.8 Å². The van der Waals surface area contributed by atoms with E-state index in [4.69, 9.17) is 47.9 Å². The first-order valence-corrected chi connectivity index (χ1v) is 30.2. The molecule has 0 aliphatic carbocycles. The maximum Gasteiger partial charge on any atom is 0.297 e. The molecule has 3 aromatic rings. The van der Waals surface area contributed by atoms with Crippen LogP contribution in [0, 0.1) is 6.92 Å². The highest BCUT2D eigenvalue weighted by molar-refractivity contribution is 7.86. The Morgan fingerprint density at radius 2 is 0.985 bits per heavy atom. The number of rotatable bonds is 27. The number of anilines is 2. The number of aryl methyl sites for hydroxylation is 1. The number of hydrogen-bond acceptors (Lipinski definition) is 13. The van der Waals surface area contributed by atoms with Crippen LogP contribution in [0.2, 0.25) is 36.3 Å². The molecule has 3 aromatic carbocycles. The standard InChI is InChI=1S/C27H53NO4Si2.C14H22O5S.C8H11NO2/c1-12-14-29-16-17-30-15-13-28-25-19-23(21-31-33(8,9)26(2,3)4)18-24(20-25)22-32-34(10,11)27(5,6)7;1-3-8-17-9-10-18-11-12-19-20(15,16)14-6-4-13(2)5-7-14;9-8-2-6(4-10)1-7(3-8)5-11/h18-20,28H,12-17,21-22H2,1-11H3;4-7H,3,8-12H2,1-2H3;1-3,10-11H,4-5,9H2. The lowest BCUT2D eigenvalue weighted by Gasteiger charge is -2.36. The minimum absolute atomic E-state index is 0.00396. The van der Waals surface area contributed by atoms with Gasteiger partial charge in [-0.1, -0.05) is 85.2 Å². The summed E-state index contributed by atoms with van der Waals surface area (Å²) in [6.45, 7) is 35.5. The summed E-state index contributed by atoms with van der Waals surface area (Å²) in [5.74, 6) is 0. The summed E-state index contributed by atoms with van der Waals surface area (Å²) in [6.07, 6.45) is 2.01. The zero-order valence-corrected chi connectivity index (χ0v) is 45.0. The van der Waals surface area contributed by atoms with Gasteiger partial charge in [0.15, 0.2) is 16.6 Å². The van der Waals surface area contributed by atoms with Gasteiger partial charge in [-0.05, 0) is 115 Å². The first-order chi connectivity index (χ1) is 30.4. The monoisotopic (exact) mass is 967 g/mol. The Morgan fingerprint density at radius 3 is 1.40 bits per heavy atom. The molecule has 0 saturated heterocycles. The number of aliphatic hydroxyl groups is 2. The Morgan fingerprint density at radius 1 is 0.585 bits per heavy atom. The van der Waals surface area contributed by atoms with Crippen molar-refractivity contribution in [2.24, 2.45) is 0 Å². The van der Waals surface area contributed by atoms with Crippen molar-refractivity contribution in [1.29, 1.82) is 0 Å². The Kier molecular flexibility index (Phi) is 28.4. The first-order valence-electron chi connectivity index (χ1n) is 22.9. The van der Waals surface area contributed by atoms with E-state index in [-0.39, 0.29) is 41.4 Å². The maximum atomic E-state index is 11.8. The molecule has 0 radical (unpaired) electrons. The normalized spacial score (nSPS) is 12.3. The third-order valence-corrected chi connectivity index (χ3v) is 21.4. The molecular weight excluding hydrogens is 881 g/mol. The molecule has 0 unspecified atom stereocenters. The molecule has 0 heterocycles. The van der Waals surface area contributed by atoms with E-state index in [0.29, 0.717) is 58.5 Å². The summed E-state index contributed by atoms with van der Waals surface area (Å²) < 4.78 is 63.2. The van der Waals surface area contributed by atoms with Crippen molar-refractivity contribution >= 4 is 38.1 Å². The third-order valence-electron chi connectivity index (χ3n) is 11.1. The fraction of sp³-hybridized carbons (Fsp3) is 0.633. The second kappa shape index (κ2) is 30.6. The zero-order valence-electron chi connectivity index (χ0n) is 42.1. The molecule has 5 N–H and O–H groups in total. The predicted molar refractivity (Wildman–Crippen MR) is 270 cm³/mol. The van der Waals surface area contributed by atoms with Crippen LogP contribution in [0.5, 0.6) is 0 Å². The second-order valence-corrected chi connectivity index (χ2v) is 30.2.